The van der Waals surface area contributed by atoms with E-state index in [-0.39, 0.29) is 21.8 Å². The van der Waals surface area contributed by atoms with Gasteiger partial charge in [-0.15, -0.1) is 10.2 Å². The summed E-state index contributed by atoms with van der Waals surface area (Å²) in [6, 6.07) is 16.2. The summed E-state index contributed by atoms with van der Waals surface area (Å²) < 4.78 is 1.61. The average Bonchev–Trinajstić information content (AvgIpc) is 3.59. The molecular weight excluding hydrogens is 537 g/mol. The first-order chi connectivity index (χ1) is 17.9. The van der Waals surface area contributed by atoms with E-state index in [2.05, 4.69) is 30.9 Å². The standard InChI is InChI=1S/C24H15Cl2N7O3S/c25-15-9-18(20(34)19(26)10-15)23-31-32-24(37-23)30-22(36)14-3-1-13(2-4-14)21(35)29-16-5-7-17(8-6-16)33-12-27-11-28-33/h1-12,34H,(H,29,35)(H,30,32,36). The lowest BCUT2D eigenvalue weighted by atomic mass is 10.1. The molecular formula is C24H15Cl2N7O3S. The minimum Gasteiger partial charge on any atom is -0.506 e. The maximum atomic E-state index is 12.7. The molecule has 0 saturated carbocycles. The van der Waals surface area contributed by atoms with Crippen molar-refractivity contribution in [3.05, 3.63) is 94.5 Å². The second-order valence-corrected chi connectivity index (χ2v) is 9.39. The van der Waals surface area contributed by atoms with Gasteiger partial charge in [-0.2, -0.15) is 5.10 Å². The van der Waals surface area contributed by atoms with Gasteiger partial charge in [-0.3, -0.25) is 14.9 Å². The van der Waals surface area contributed by atoms with Gasteiger partial charge in [0.15, 0.2) is 5.01 Å². The van der Waals surface area contributed by atoms with E-state index in [0.717, 1.165) is 17.0 Å². The summed E-state index contributed by atoms with van der Waals surface area (Å²) in [5, 5.41) is 28.6. The van der Waals surface area contributed by atoms with Crippen LogP contribution in [0.3, 0.4) is 0 Å². The van der Waals surface area contributed by atoms with Crippen LogP contribution in [0.1, 0.15) is 20.7 Å². The van der Waals surface area contributed by atoms with Crippen LogP contribution < -0.4 is 10.6 Å². The van der Waals surface area contributed by atoms with Crippen LogP contribution in [0.15, 0.2) is 73.3 Å². The van der Waals surface area contributed by atoms with Gasteiger partial charge in [0, 0.05) is 21.8 Å². The number of hydrogen-bond donors (Lipinski definition) is 3. The molecule has 0 spiro atoms. The van der Waals surface area contributed by atoms with Gasteiger partial charge in [0.1, 0.15) is 18.4 Å². The number of carbonyl (C=O) groups excluding carboxylic acids is 2. The molecule has 5 aromatic rings. The van der Waals surface area contributed by atoms with E-state index in [1.807, 2.05) is 0 Å². The molecule has 0 unspecified atom stereocenters. The fourth-order valence-corrected chi connectivity index (χ4v) is 4.55. The van der Waals surface area contributed by atoms with E-state index in [1.54, 1.807) is 47.4 Å². The van der Waals surface area contributed by atoms with Crippen molar-refractivity contribution in [2.45, 2.75) is 0 Å². The number of benzene rings is 3. The summed E-state index contributed by atoms with van der Waals surface area (Å²) in [6.07, 6.45) is 3.02. The predicted octanol–water partition coefficient (Wildman–Crippen LogP) is 5.30. The van der Waals surface area contributed by atoms with Gasteiger partial charge in [0.25, 0.3) is 11.8 Å². The Morgan fingerprint density at radius 3 is 2.22 bits per heavy atom. The molecule has 10 nitrogen and oxygen atoms in total. The van der Waals surface area contributed by atoms with Gasteiger partial charge in [0.05, 0.1) is 16.3 Å². The van der Waals surface area contributed by atoms with Crippen molar-refractivity contribution in [1.29, 1.82) is 0 Å². The van der Waals surface area contributed by atoms with Crippen molar-refractivity contribution in [2.75, 3.05) is 10.6 Å². The minimum absolute atomic E-state index is 0.0798. The number of halogens is 2. The van der Waals surface area contributed by atoms with Gasteiger partial charge in [-0.05, 0) is 60.7 Å². The van der Waals surface area contributed by atoms with Crippen LogP contribution in [0.5, 0.6) is 5.75 Å². The highest BCUT2D eigenvalue weighted by Gasteiger charge is 2.17. The van der Waals surface area contributed by atoms with Crippen LogP contribution in [0.2, 0.25) is 10.0 Å². The van der Waals surface area contributed by atoms with Crippen LogP contribution in [0.4, 0.5) is 10.8 Å². The first-order valence-corrected chi connectivity index (χ1v) is 12.1. The number of nitrogens with zero attached hydrogens (tertiary/aromatic N) is 5. The molecule has 0 aliphatic heterocycles. The summed E-state index contributed by atoms with van der Waals surface area (Å²) in [4.78, 5) is 29.2. The molecule has 2 amide bonds. The third kappa shape index (κ3) is 5.43. The normalized spacial score (nSPS) is 10.8. The van der Waals surface area contributed by atoms with Crippen molar-refractivity contribution in [1.82, 2.24) is 25.0 Å². The number of aromatic nitrogens is 5. The Morgan fingerprint density at radius 1 is 0.892 bits per heavy atom. The monoisotopic (exact) mass is 551 g/mol. The summed E-state index contributed by atoms with van der Waals surface area (Å²) in [6.45, 7) is 0. The Morgan fingerprint density at radius 2 is 1.57 bits per heavy atom. The van der Waals surface area contributed by atoms with Crippen LogP contribution in [0, 0.1) is 0 Å². The number of nitrogens with one attached hydrogen (secondary N) is 2. The maximum Gasteiger partial charge on any atom is 0.257 e. The van der Waals surface area contributed by atoms with Gasteiger partial charge in [-0.25, -0.2) is 9.67 Å². The molecule has 3 aromatic carbocycles. The van der Waals surface area contributed by atoms with Crippen molar-refractivity contribution in [3.63, 3.8) is 0 Å². The summed E-state index contributed by atoms with van der Waals surface area (Å²) in [5.74, 6) is -0.943. The molecule has 3 N–H and O–H groups in total. The Bertz CT molecular complexity index is 1590. The van der Waals surface area contributed by atoms with Gasteiger partial charge in [-0.1, -0.05) is 34.5 Å². The summed E-state index contributed by atoms with van der Waals surface area (Å²) in [7, 11) is 0. The smallest absolute Gasteiger partial charge is 0.257 e. The molecule has 0 radical (unpaired) electrons. The zero-order chi connectivity index (χ0) is 25.9. The van der Waals surface area contributed by atoms with Crippen LogP contribution in [-0.4, -0.2) is 41.9 Å². The van der Waals surface area contributed by atoms with Crippen LogP contribution in [-0.2, 0) is 0 Å². The topological polar surface area (TPSA) is 135 Å². The quantitative estimate of drug-likeness (QED) is 0.260. The summed E-state index contributed by atoms with van der Waals surface area (Å²) in [5.41, 5.74) is 2.41. The van der Waals surface area contributed by atoms with E-state index in [9.17, 15) is 14.7 Å². The second kappa shape index (κ2) is 10.3. The second-order valence-electron chi connectivity index (χ2n) is 7.57. The van der Waals surface area contributed by atoms with Gasteiger partial charge >= 0.3 is 0 Å². The first-order valence-electron chi connectivity index (χ1n) is 10.6. The first kappa shape index (κ1) is 24.4. The fourth-order valence-electron chi connectivity index (χ4n) is 3.30. The molecule has 0 bridgehead atoms. The molecule has 0 atom stereocenters. The molecule has 5 rings (SSSR count). The lowest BCUT2D eigenvalue weighted by molar-refractivity contribution is 0.101. The summed E-state index contributed by atoms with van der Waals surface area (Å²) >= 11 is 13.0. The highest BCUT2D eigenvalue weighted by Crippen LogP contribution is 2.39. The number of aromatic hydroxyl groups is 1. The molecule has 2 heterocycles. The highest BCUT2D eigenvalue weighted by atomic mass is 35.5. The largest absolute Gasteiger partial charge is 0.506 e. The number of rotatable bonds is 6. The molecule has 37 heavy (non-hydrogen) atoms. The third-order valence-electron chi connectivity index (χ3n) is 5.12. The third-order valence-corrected chi connectivity index (χ3v) is 6.50. The number of phenolic OH excluding ortho intramolecular Hbond substituents is 1. The number of carbonyl (C=O) groups is 2. The van der Waals surface area contributed by atoms with Crippen LogP contribution in [0.25, 0.3) is 16.3 Å². The van der Waals surface area contributed by atoms with Gasteiger partial charge < -0.3 is 10.4 Å². The van der Waals surface area contributed by atoms with E-state index in [4.69, 9.17) is 23.2 Å². The average molecular weight is 552 g/mol. The number of phenols is 1. The lowest BCUT2D eigenvalue weighted by Crippen LogP contribution is -2.14. The van der Waals surface area contributed by atoms with Crippen molar-refractivity contribution in [3.8, 4) is 22.0 Å². The molecule has 2 aromatic heterocycles. The Labute approximate surface area is 223 Å². The molecule has 0 aliphatic rings. The zero-order valence-corrected chi connectivity index (χ0v) is 20.9. The molecule has 13 heteroatoms. The number of amides is 2. The van der Waals surface area contributed by atoms with Crippen molar-refractivity contribution >= 4 is 57.2 Å². The molecule has 0 saturated heterocycles. The van der Waals surface area contributed by atoms with E-state index >= 15 is 0 Å². The number of anilines is 2. The van der Waals surface area contributed by atoms with Crippen molar-refractivity contribution in [2.24, 2.45) is 0 Å². The van der Waals surface area contributed by atoms with E-state index < -0.39 is 5.91 Å². The van der Waals surface area contributed by atoms with E-state index in [1.165, 1.54) is 30.6 Å². The number of hydrogen-bond acceptors (Lipinski definition) is 8. The molecule has 0 aliphatic carbocycles. The SMILES string of the molecule is O=C(Nc1ccc(-n2cncn2)cc1)c1ccc(C(=O)Nc2nnc(-c3cc(Cl)cc(Cl)c3O)s2)cc1. The van der Waals surface area contributed by atoms with Crippen molar-refractivity contribution < 1.29 is 14.7 Å². The Balaban J connectivity index is 1.22. The van der Waals surface area contributed by atoms with Crippen LogP contribution >= 0.6 is 34.5 Å². The Kier molecular flexibility index (Phi) is 6.82. The zero-order valence-electron chi connectivity index (χ0n) is 18.6. The molecule has 0 fully saturated rings. The Hall–Kier alpha value is -4.32. The van der Waals surface area contributed by atoms with E-state index in [0.29, 0.717) is 32.4 Å². The highest BCUT2D eigenvalue weighted by molar-refractivity contribution is 7.18. The maximum absolute atomic E-state index is 12.7. The fraction of sp³-hybridized carbons (Fsp3) is 0. The lowest BCUT2D eigenvalue weighted by Gasteiger charge is -2.07. The molecule has 184 valence electrons. The predicted molar refractivity (Wildman–Crippen MR) is 141 cm³/mol. The van der Waals surface area contributed by atoms with Gasteiger partial charge in [0.2, 0.25) is 5.13 Å². The minimum atomic E-state index is -0.438.